The van der Waals surface area contributed by atoms with E-state index in [1.807, 2.05) is 0 Å². The summed E-state index contributed by atoms with van der Waals surface area (Å²) < 4.78 is 0. The van der Waals surface area contributed by atoms with Crippen LogP contribution in [0.2, 0.25) is 0 Å². The third-order valence-electron chi connectivity index (χ3n) is 5.09. The second-order valence-electron chi connectivity index (χ2n) is 6.85. The highest BCUT2D eigenvalue weighted by Crippen LogP contribution is 2.35. The monoisotopic (exact) mass is 304 g/mol. The first-order chi connectivity index (χ1) is 11.2. The molecule has 2 aromatic carbocycles. The standard InChI is InChI=1S/C21H24N2/c1-14-12-18-15(2)20(16-8-4-3-5-9-16)23-21(18)19(13-14)22-17-10-6-7-11-17/h3-5,8-9,12-13,17,22-23H,6-7,10-11H2,1-2H3. The number of hydrogen-bond donors (Lipinski definition) is 2. The molecule has 3 aromatic rings. The van der Waals surface area contributed by atoms with Crippen molar-refractivity contribution in [3.63, 3.8) is 0 Å². The number of nitrogens with one attached hydrogen (secondary N) is 2. The molecule has 118 valence electrons. The van der Waals surface area contributed by atoms with Crippen LogP contribution in [0.15, 0.2) is 42.5 Å². The normalized spacial score (nSPS) is 15.4. The maximum absolute atomic E-state index is 3.79. The molecule has 1 aliphatic rings. The van der Waals surface area contributed by atoms with E-state index in [-0.39, 0.29) is 0 Å². The number of aryl methyl sites for hydroxylation is 2. The zero-order chi connectivity index (χ0) is 15.8. The van der Waals surface area contributed by atoms with Crippen molar-refractivity contribution in [2.24, 2.45) is 0 Å². The highest BCUT2D eigenvalue weighted by molar-refractivity contribution is 5.98. The van der Waals surface area contributed by atoms with Gasteiger partial charge in [-0.15, -0.1) is 0 Å². The number of rotatable bonds is 3. The topological polar surface area (TPSA) is 27.8 Å². The van der Waals surface area contributed by atoms with Crippen LogP contribution in [0.1, 0.15) is 36.8 Å². The van der Waals surface area contributed by atoms with E-state index in [1.54, 1.807) is 0 Å². The molecule has 1 heterocycles. The second kappa shape index (κ2) is 5.77. The van der Waals surface area contributed by atoms with Gasteiger partial charge in [0.25, 0.3) is 0 Å². The van der Waals surface area contributed by atoms with Crippen LogP contribution in [-0.2, 0) is 0 Å². The van der Waals surface area contributed by atoms with Crippen molar-refractivity contribution in [3.05, 3.63) is 53.6 Å². The molecule has 0 saturated heterocycles. The van der Waals surface area contributed by atoms with Gasteiger partial charge in [0.1, 0.15) is 0 Å². The van der Waals surface area contributed by atoms with Crippen LogP contribution in [0.5, 0.6) is 0 Å². The van der Waals surface area contributed by atoms with Crippen LogP contribution in [0.3, 0.4) is 0 Å². The van der Waals surface area contributed by atoms with Crippen molar-refractivity contribution in [2.75, 3.05) is 5.32 Å². The Morgan fingerprint density at radius 3 is 2.48 bits per heavy atom. The number of anilines is 1. The maximum atomic E-state index is 3.79. The summed E-state index contributed by atoms with van der Waals surface area (Å²) in [5, 5.41) is 5.12. The van der Waals surface area contributed by atoms with Gasteiger partial charge in [0.2, 0.25) is 0 Å². The van der Waals surface area contributed by atoms with E-state index in [9.17, 15) is 0 Å². The number of aromatic nitrogens is 1. The summed E-state index contributed by atoms with van der Waals surface area (Å²) in [6.07, 6.45) is 5.29. The molecule has 4 rings (SSSR count). The molecule has 1 aliphatic carbocycles. The molecule has 0 atom stereocenters. The minimum absolute atomic E-state index is 0.629. The first kappa shape index (κ1) is 14.4. The van der Waals surface area contributed by atoms with Gasteiger partial charge in [-0.25, -0.2) is 0 Å². The van der Waals surface area contributed by atoms with E-state index in [4.69, 9.17) is 0 Å². The predicted molar refractivity (Wildman–Crippen MR) is 99.1 cm³/mol. The number of hydrogen-bond acceptors (Lipinski definition) is 1. The quantitative estimate of drug-likeness (QED) is 0.628. The maximum Gasteiger partial charge on any atom is 0.0697 e. The lowest BCUT2D eigenvalue weighted by atomic mass is 10.0. The molecule has 1 saturated carbocycles. The van der Waals surface area contributed by atoms with Crippen molar-refractivity contribution in [3.8, 4) is 11.3 Å². The molecule has 1 fully saturated rings. The molecule has 0 unspecified atom stereocenters. The molecule has 2 nitrogen and oxygen atoms in total. The first-order valence-electron chi connectivity index (χ1n) is 8.67. The molecule has 23 heavy (non-hydrogen) atoms. The van der Waals surface area contributed by atoms with Gasteiger partial charge in [-0.1, -0.05) is 43.2 Å². The molecule has 0 aliphatic heterocycles. The molecular weight excluding hydrogens is 280 g/mol. The molecular formula is C21H24N2. The van der Waals surface area contributed by atoms with E-state index < -0.39 is 0 Å². The van der Waals surface area contributed by atoms with Gasteiger partial charge in [-0.2, -0.15) is 0 Å². The summed E-state index contributed by atoms with van der Waals surface area (Å²) in [5.41, 5.74) is 7.66. The lowest BCUT2D eigenvalue weighted by molar-refractivity contribution is 0.756. The second-order valence-corrected chi connectivity index (χ2v) is 6.85. The van der Waals surface area contributed by atoms with Gasteiger partial charge < -0.3 is 10.3 Å². The van der Waals surface area contributed by atoms with Crippen LogP contribution in [-0.4, -0.2) is 11.0 Å². The van der Waals surface area contributed by atoms with Gasteiger partial charge in [-0.3, -0.25) is 0 Å². The average Bonchev–Trinajstić information content (AvgIpc) is 3.17. The van der Waals surface area contributed by atoms with Gasteiger partial charge in [0.05, 0.1) is 11.2 Å². The van der Waals surface area contributed by atoms with Gasteiger partial charge in [-0.05, 0) is 55.5 Å². The highest BCUT2D eigenvalue weighted by Gasteiger charge is 2.18. The van der Waals surface area contributed by atoms with Crippen molar-refractivity contribution in [1.82, 2.24) is 4.98 Å². The highest BCUT2D eigenvalue weighted by atomic mass is 14.9. The van der Waals surface area contributed by atoms with Crippen LogP contribution in [0, 0.1) is 13.8 Å². The van der Waals surface area contributed by atoms with Crippen molar-refractivity contribution in [1.29, 1.82) is 0 Å². The summed E-state index contributed by atoms with van der Waals surface area (Å²) in [6.45, 7) is 4.41. The summed E-state index contributed by atoms with van der Waals surface area (Å²) in [5.74, 6) is 0. The van der Waals surface area contributed by atoms with Crippen LogP contribution >= 0.6 is 0 Å². The molecule has 2 heteroatoms. The number of H-pyrrole nitrogens is 1. The van der Waals surface area contributed by atoms with Crippen LogP contribution in [0.25, 0.3) is 22.2 Å². The molecule has 2 N–H and O–H groups in total. The lowest BCUT2D eigenvalue weighted by Crippen LogP contribution is -2.14. The van der Waals surface area contributed by atoms with Crippen molar-refractivity contribution < 1.29 is 0 Å². The van der Waals surface area contributed by atoms with Crippen LogP contribution in [0.4, 0.5) is 5.69 Å². The first-order valence-corrected chi connectivity index (χ1v) is 8.67. The van der Waals surface area contributed by atoms with E-state index in [1.165, 1.54) is 64.7 Å². The average molecular weight is 304 g/mol. The molecule has 0 spiro atoms. The fraction of sp³-hybridized carbons (Fsp3) is 0.333. The Morgan fingerprint density at radius 1 is 1.00 bits per heavy atom. The largest absolute Gasteiger partial charge is 0.381 e. The van der Waals surface area contributed by atoms with E-state index in [2.05, 4.69) is 66.6 Å². The van der Waals surface area contributed by atoms with E-state index in [0.717, 1.165) is 0 Å². The molecule has 0 radical (unpaired) electrons. The Labute approximate surface area is 137 Å². The summed E-state index contributed by atoms with van der Waals surface area (Å²) in [4.78, 5) is 3.69. The minimum Gasteiger partial charge on any atom is -0.381 e. The Kier molecular flexibility index (Phi) is 3.60. The van der Waals surface area contributed by atoms with Crippen molar-refractivity contribution >= 4 is 16.6 Å². The van der Waals surface area contributed by atoms with Crippen LogP contribution < -0.4 is 5.32 Å². The predicted octanol–water partition coefficient (Wildman–Crippen LogP) is 5.81. The van der Waals surface area contributed by atoms with Gasteiger partial charge in [0, 0.05) is 17.1 Å². The molecule has 1 aromatic heterocycles. The Morgan fingerprint density at radius 2 is 1.74 bits per heavy atom. The Bertz CT molecular complexity index is 824. The van der Waals surface area contributed by atoms with E-state index in [0.29, 0.717) is 6.04 Å². The van der Waals surface area contributed by atoms with Crippen molar-refractivity contribution in [2.45, 2.75) is 45.6 Å². The third-order valence-corrected chi connectivity index (χ3v) is 5.09. The van der Waals surface area contributed by atoms with E-state index >= 15 is 0 Å². The van der Waals surface area contributed by atoms with Gasteiger partial charge >= 0.3 is 0 Å². The zero-order valence-corrected chi connectivity index (χ0v) is 13.9. The SMILES string of the molecule is Cc1cc(NC2CCCC2)c2[nH]c(-c3ccccc3)c(C)c2c1. The fourth-order valence-corrected chi connectivity index (χ4v) is 3.87. The minimum atomic E-state index is 0.629. The summed E-state index contributed by atoms with van der Waals surface area (Å²) in [7, 11) is 0. The number of benzene rings is 2. The Balaban J connectivity index is 1.84. The lowest BCUT2D eigenvalue weighted by Gasteiger charge is -2.15. The van der Waals surface area contributed by atoms with Gasteiger partial charge in [0.15, 0.2) is 0 Å². The number of aromatic amines is 1. The number of fused-ring (bicyclic) bond motifs is 1. The summed E-state index contributed by atoms with van der Waals surface area (Å²) >= 11 is 0. The molecule has 0 bridgehead atoms. The third kappa shape index (κ3) is 2.63. The molecule has 0 amide bonds. The Hall–Kier alpha value is -2.22. The fourth-order valence-electron chi connectivity index (χ4n) is 3.87. The smallest absolute Gasteiger partial charge is 0.0697 e. The summed E-state index contributed by atoms with van der Waals surface area (Å²) in [6, 6.07) is 15.8. The zero-order valence-electron chi connectivity index (χ0n) is 13.9.